The van der Waals surface area contributed by atoms with E-state index >= 15 is 0 Å². The molecule has 2 unspecified atom stereocenters. The third-order valence-electron chi connectivity index (χ3n) is 4.14. The zero-order valence-corrected chi connectivity index (χ0v) is 14.2. The molecule has 0 aliphatic carbocycles. The number of hydrogen-bond acceptors (Lipinski definition) is 3. The summed E-state index contributed by atoms with van der Waals surface area (Å²) in [6.45, 7) is 6.57. The van der Waals surface area contributed by atoms with Gasteiger partial charge in [-0.1, -0.05) is 13.3 Å². The third-order valence-corrected chi connectivity index (χ3v) is 5.74. The van der Waals surface area contributed by atoms with E-state index in [2.05, 4.69) is 18.7 Å². The second kappa shape index (κ2) is 10.5. The minimum Gasteiger partial charge on any atom is -0.381 e. The topological polar surface area (TPSA) is 29.5 Å². The Morgan fingerprint density at radius 2 is 1.95 bits per heavy atom. The summed E-state index contributed by atoms with van der Waals surface area (Å²) in [7, 11) is 1.85. The van der Waals surface area contributed by atoms with Gasteiger partial charge in [0.15, 0.2) is 0 Å². The summed E-state index contributed by atoms with van der Waals surface area (Å²) < 4.78 is 5.65. The average Bonchev–Trinajstić information content (AvgIpc) is 2.34. The van der Waals surface area contributed by atoms with Gasteiger partial charge in [0.2, 0.25) is 5.91 Å². The van der Waals surface area contributed by atoms with Crippen LogP contribution in [-0.4, -0.2) is 48.6 Å². The second-order valence-electron chi connectivity index (χ2n) is 5.93. The van der Waals surface area contributed by atoms with Gasteiger partial charge in [0.05, 0.1) is 0 Å². The zero-order chi connectivity index (χ0) is 14.8. The van der Waals surface area contributed by atoms with Gasteiger partial charge in [-0.05, 0) is 43.8 Å². The van der Waals surface area contributed by atoms with E-state index < -0.39 is 0 Å². The van der Waals surface area contributed by atoms with Crippen molar-refractivity contribution in [3.63, 3.8) is 0 Å². The van der Waals surface area contributed by atoms with Gasteiger partial charge >= 0.3 is 0 Å². The first-order valence-corrected chi connectivity index (χ1v) is 9.07. The molecule has 1 amide bonds. The fourth-order valence-electron chi connectivity index (χ4n) is 2.37. The first kappa shape index (κ1) is 17.8. The Bertz CT molecular complexity index is 269. The molecule has 118 valence electrons. The first-order valence-electron chi connectivity index (χ1n) is 8.02. The molecule has 1 fully saturated rings. The molecule has 1 saturated heterocycles. The van der Waals surface area contributed by atoms with E-state index in [9.17, 15) is 4.79 Å². The maximum atomic E-state index is 11.0. The van der Waals surface area contributed by atoms with Crippen LogP contribution in [0.15, 0.2) is 0 Å². The molecule has 1 aliphatic rings. The molecule has 1 heterocycles. The fraction of sp³-hybridized carbons (Fsp3) is 0.938. The molecule has 0 bridgehead atoms. The van der Waals surface area contributed by atoms with E-state index in [0.717, 1.165) is 43.8 Å². The lowest BCUT2D eigenvalue weighted by Gasteiger charge is -2.30. The SMILES string of the molecule is CC(=O)N(C)CCCCOCCCCC(C)C1CCS1. The van der Waals surface area contributed by atoms with Crippen LogP contribution in [0.5, 0.6) is 0 Å². The number of nitrogens with zero attached hydrogens (tertiary/aromatic N) is 1. The van der Waals surface area contributed by atoms with Crippen molar-refractivity contribution in [2.75, 3.05) is 32.6 Å². The predicted molar refractivity (Wildman–Crippen MR) is 87.2 cm³/mol. The molecular weight excluding hydrogens is 270 g/mol. The molecule has 1 rings (SSSR count). The quantitative estimate of drug-likeness (QED) is 0.546. The van der Waals surface area contributed by atoms with Crippen LogP contribution in [0, 0.1) is 5.92 Å². The van der Waals surface area contributed by atoms with Crippen LogP contribution >= 0.6 is 11.8 Å². The van der Waals surface area contributed by atoms with Gasteiger partial charge in [-0.3, -0.25) is 4.79 Å². The molecule has 0 spiro atoms. The smallest absolute Gasteiger partial charge is 0.219 e. The second-order valence-corrected chi connectivity index (χ2v) is 7.28. The molecule has 20 heavy (non-hydrogen) atoms. The minimum atomic E-state index is 0.143. The van der Waals surface area contributed by atoms with E-state index in [1.54, 1.807) is 11.8 Å². The van der Waals surface area contributed by atoms with Crippen LogP contribution < -0.4 is 0 Å². The molecule has 1 aliphatic heterocycles. The highest BCUT2D eigenvalue weighted by Crippen LogP contribution is 2.35. The van der Waals surface area contributed by atoms with Gasteiger partial charge < -0.3 is 9.64 Å². The van der Waals surface area contributed by atoms with Gasteiger partial charge in [0.25, 0.3) is 0 Å². The van der Waals surface area contributed by atoms with Gasteiger partial charge in [-0.2, -0.15) is 11.8 Å². The summed E-state index contributed by atoms with van der Waals surface area (Å²) >= 11 is 2.14. The van der Waals surface area contributed by atoms with Crippen LogP contribution in [0.2, 0.25) is 0 Å². The molecule has 0 aromatic heterocycles. The van der Waals surface area contributed by atoms with Crippen LogP contribution in [0.4, 0.5) is 0 Å². The maximum Gasteiger partial charge on any atom is 0.219 e. The monoisotopic (exact) mass is 301 g/mol. The number of unbranched alkanes of at least 4 members (excludes halogenated alkanes) is 2. The first-order chi connectivity index (χ1) is 9.61. The Balaban J connectivity index is 1.79. The van der Waals surface area contributed by atoms with E-state index in [1.807, 2.05) is 7.05 Å². The van der Waals surface area contributed by atoms with Gasteiger partial charge in [0.1, 0.15) is 0 Å². The van der Waals surface area contributed by atoms with Gasteiger partial charge in [-0.25, -0.2) is 0 Å². The van der Waals surface area contributed by atoms with Crippen molar-refractivity contribution in [2.45, 2.75) is 57.6 Å². The van der Waals surface area contributed by atoms with Gasteiger partial charge in [-0.15, -0.1) is 0 Å². The van der Waals surface area contributed by atoms with Crippen molar-refractivity contribution < 1.29 is 9.53 Å². The lowest BCUT2D eigenvalue weighted by molar-refractivity contribution is -0.127. The largest absolute Gasteiger partial charge is 0.381 e. The summed E-state index contributed by atoms with van der Waals surface area (Å²) in [6, 6.07) is 0. The molecule has 4 heteroatoms. The summed E-state index contributed by atoms with van der Waals surface area (Å²) in [5.74, 6) is 2.40. The molecule has 0 aromatic carbocycles. The lowest BCUT2D eigenvalue weighted by Crippen LogP contribution is -2.25. The Labute approximate surface area is 128 Å². The van der Waals surface area contributed by atoms with Crippen LogP contribution in [0.1, 0.15) is 52.4 Å². The maximum absolute atomic E-state index is 11.0. The number of carbonyl (C=O) groups excluding carboxylic acids is 1. The summed E-state index contributed by atoms with van der Waals surface area (Å²) in [5.41, 5.74) is 0. The normalized spacial score (nSPS) is 19.4. The van der Waals surface area contributed by atoms with Crippen molar-refractivity contribution in [1.29, 1.82) is 0 Å². The van der Waals surface area contributed by atoms with E-state index in [1.165, 1.54) is 31.4 Å². The highest BCUT2D eigenvalue weighted by molar-refractivity contribution is 8.01. The lowest BCUT2D eigenvalue weighted by atomic mass is 9.98. The third kappa shape index (κ3) is 7.53. The van der Waals surface area contributed by atoms with E-state index in [0.29, 0.717) is 0 Å². The Hall–Kier alpha value is -0.220. The van der Waals surface area contributed by atoms with Crippen molar-refractivity contribution >= 4 is 17.7 Å². The average molecular weight is 301 g/mol. The van der Waals surface area contributed by atoms with Crippen LogP contribution in [0.3, 0.4) is 0 Å². The van der Waals surface area contributed by atoms with Crippen molar-refractivity contribution in [1.82, 2.24) is 4.90 Å². The van der Waals surface area contributed by atoms with E-state index in [4.69, 9.17) is 4.74 Å². The van der Waals surface area contributed by atoms with Crippen LogP contribution in [0.25, 0.3) is 0 Å². The van der Waals surface area contributed by atoms with Crippen molar-refractivity contribution in [2.24, 2.45) is 5.92 Å². The highest BCUT2D eigenvalue weighted by Gasteiger charge is 2.23. The fourth-order valence-corrected chi connectivity index (χ4v) is 3.34. The van der Waals surface area contributed by atoms with Crippen LogP contribution in [-0.2, 0) is 9.53 Å². The molecule has 3 nitrogen and oxygen atoms in total. The highest BCUT2D eigenvalue weighted by atomic mass is 32.2. The number of thioether (sulfide) groups is 1. The summed E-state index contributed by atoms with van der Waals surface area (Å²) in [4.78, 5) is 12.8. The molecule has 2 atom stereocenters. The molecular formula is C16H31NO2S. The number of ether oxygens (including phenoxy) is 1. The zero-order valence-electron chi connectivity index (χ0n) is 13.4. The Morgan fingerprint density at radius 1 is 1.30 bits per heavy atom. The molecule has 0 saturated carbocycles. The number of carbonyl (C=O) groups is 1. The number of amides is 1. The molecule has 0 aromatic rings. The van der Waals surface area contributed by atoms with Crippen molar-refractivity contribution in [3.05, 3.63) is 0 Å². The summed E-state index contributed by atoms with van der Waals surface area (Å²) in [6.07, 6.45) is 7.35. The van der Waals surface area contributed by atoms with Gasteiger partial charge in [0, 0.05) is 39.0 Å². The number of rotatable bonds is 11. The molecule has 0 N–H and O–H groups in total. The van der Waals surface area contributed by atoms with Crippen molar-refractivity contribution in [3.8, 4) is 0 Å². The predicted octanol–water partition coefficient (Wildman–Crippen LogP) is 3.57. The standard InChI is InChI=1S/C16H31NO2S/c1-14(16-9-13-20-16)8-4-6-11-19-12-7-5-10-17(3)15(2)18/h14,16H,4-13H2,1-3H3. The summed E-state index contributed by atoms with van der Waals surface area (Å²) in [5, 5.41) is 0.939. The molecule has 0 radical (unpaired) electrons. The number of hydrogen-bond donors (Lipinski definition) is 0. The Morgan fingerprint density at radius 3 is 2.50 bits per heavy atom. The minimum absolute atomic E-state index is 0.143. The Kier molecular flexibility index (Phi) is 9.36. The van der Waals surface area contributed by atoms with E-state index in [-0.39, 0.29) is 5.91 Å².